The number of hydrogen-bond donors (Lipinski definition) is 1. The number of fused-ring (bicyclic) bond motifs is 1. The molecular weight excluding hydrogens is 362 g/mol. The Kier molecular flexibility index (Phi) is 5.69. The van der Waals surface area contributed by atoms with Gasteiger partial charge in [-0.15, -0.1) is 0 Å². The number of carbonyl (C=O) groups is 2. The van der Waals surface area contributed by atoms with E-state index in [4.69, 9.17) is 0 Å². The summed E-state index contributed by atoms with van der Waals surface area (Å²) in [5, 5.41) is 3.98. The molecule has 0 aliphatic rings. The molecule has 1 N–H and O–H groups in total. The van der Waals surface area contributed by atoms with Gasteiger partial charge in [-0.3, -0.25) is 9.59 Å². The first-order valence-electron chi connectivity index (χ1n) is 9.79. The highest BCUT2D eigenvalue weighted by atomic mass is 16.2. The molecule has 5 heteroatoms. The van der Waals surface area contributed by atoms with Gasteiger partial charge in [0.2, 0.25) is 5.91 Å². The van der Waals surface area contributed by atoms with Gasteiger partial charge in [-0.2, -0.15) is 0 Å². The molecule has 0 fully saturated rings. The van der Waals surface area contributed by atoms with Crippen LogP contribution >= 0.6 is 0 Å². The Morgan fingerprint density at radius 1 is 1.03 bits per heavy atom. The molecular formula is C24H27N3O2. The van der Waals surface area contributed by atoms with Crippen LogP contribution in [0.2, 0.25) is 0 Å². The van der Waals surface area contributed by atoms with Crippen molar-refractivity contribution in [3.05, 3.63) is 71.4 Å². The van der Waals surface area contributed by atoms with Gasteiger partial charge in [-0.25, -0.2) is 4.98 Å². The van der Waals surface area contributed by atoms with E-state index in [-0.39, 0.29) is 11.8 Å². The lowest BCUT2D eigenvalue weighted by molar-refractivity contribution is -0.125. The summed E-state index contributed by atoms with van der Waals surface area (Å²) in [5.41, 5.74) is 2.95. The van der Waals surface area contributed by atoms with Gasteiger partial charge >= 0.3 is 0 Å². The van der Waals surface area contributed by atoms with Gasteiger partial charge in [0.1, 0.15) is 11.2 Å². The molecule has 1 atom stereocenters. The molecule has 3 aromatic rings. The molecule has 2 amide bonds. The van der Waals surface area contributed by atoms with Gasteiger partial charge in [0.15, 0.2) is 0 Å². The van der Waals surface area contributed by atoms with E-state index in [2.05, 4.69) is 10.3 Å². The molecule has 150 valence electrons. The van der Waals surface area contributed by atoms with Crippen LogP contribution in [-0.4, -0.2) is 34.3 Å². The average molecular weight is 389 g/mol. The second kappa shape index (κ2) is 8.03. The molecule has 0 aliphatic carbocycles. The molecule has 0 saturated carbocycles. The summed E-state index contributed by atoms with van der Waals surface area (Å²) in [6.45, 7) is 7.67. The van der Waals surface area contributed by atoms with E-state index >= 15 is 0 Å². The van der Waals surface area contributed by atoms with Crippen LogP contribution in [0, 0.1) is 13.8 Å². The second-order valence-corrected chi connectivity index (χ2v) is 7.58. The smallest absolute Gasteiger partial charge is 0.273 e. The minimum atomic E-state index is -1.01. The van der Waals surface area contributed by atoms with Crippen LogP contribution in [0.5, 0.6) is 0 Å². The van der Waals surface area contributed by atoms with E-state index in [1.54, 1.807) is 20.0 Å². The standard InChI is InChI=1S/C24H27N3O2/c1-6-24(4,23(29)26-19-13-9-10-16(2)17(19)3)27(5)22(28)21-15-14-18-11-7-8-12-20(18)25-21/h7-15H,6H2,1-5H3,(H,26,29). The van der Waals surface area contributed by atoms with Gasteiger partial charge in [0, 0.05) is 18.1 Å². The predicted octanol–water partition coefficient (Wildman–Crippen LogP) is 4.73. The first-order valence-corrected chi connectivity index (χ1v) is 9.79. The van der Waals surface area contributed by atoms with Crippen LogP contribution in [0.25, 0.3) is 10.9 Å². The monoisotopic (exact) mass is 389 g/mol. The lowest BCUT2D eigenvalue weighted by Crippen LogP contribution is -2.55. The number of likely N-dealkylation sites (N-methyl/N-ethyl adjacent to an activating group) is 1. The van der Waals surface area contributed by atoms with Crippen LogP contribution < -0.4 is 5.32 Å². The number of amides is 2. The maximum atomic E-state index is 13.2. The average Bonchev–Trinajstić information content (AvgIpc) is 2.74. The first kappa shape index (κ1) is 20.5. The Labute approximate surface area is 171 Å². The molecule has 0 radical (unpaired) electrons. The van der Waals surface area contributed by atoms with E-state index in [9.17, 15) is 9.59 Å². The summed E-state index contributed by atoms with van der Waals surface area (Å²) in [4.78, 5) is 32.3. The molecule has 0 bridgehead atoms. The van der Waals surface area contributed by atoms with Crippen molar-refractivity contribution in [1.82, 2.24) is 9.88 Å². The molecule has 2 aromatic carbocycles. The largest absolute Gasteiger partial charge is 0.326 e. The molecule has 1 aromatic heterocycles. The van der Waals surface area contributed by atoms with Crippen molar-refractivity contribution in [3.63, 3.8) is 0 Å². The zero-order chi connectivity index (χ0) is 21.2. The summed E-state index contributed by atoms with van der Waals surface area (Å²) in [5.74, 6) is -0.499. The minimum Gasteiger partial charge on any atom is -0.326 e. The van der Waals surface area contributed by atoms with Crippen molar-refractivity contribution in [2.75, 3.05) is 12.4 Å². The number of hydrogen-bond acceptors (Lipinski definition) is 3. The second-order valence-electron chi connectivity index (χ2n) is 7.58. The van der Waals surface area contributed by atoms with Crippen molar-refractivity contribution < 1.29 is 9.59 Å². The van der Waals surface area contributed by atoms with Gasteiger partial charge in [-0.05, 0) is 56.5 Å². The third-order valence-electron chi connectivity index (χ3n) is 5.89. The molecule has 1 unspecified atom stereocenters. The summed E-state index contributed by atoms with van der Waals surface area (Å²) >= 11 is 0. The van der Waals surface area contributed by atoms with Crippen LogP contribution in [0.3, 0.4) is 0 Å². The van der Waals surface area contributed by atoms with Crippen LogP contribution in [0.4, 0.5) is 5.69 Å². The number of para-hydroxylation sites is 1. The lowest BCUT2D eigenvalue weighted by atomic mass is 9.94. The van der Waals surface area contributed by atoms with E-state index in [0.717, 1.165) is 27.7 Å². The van der Waals surface area contributed by atoms with E-state index in [1.165, 1.54) is 4.90 Å². The fraction of sp³-hybridized carbons (Fsp3) is 0.292. The fourth-order valence-corrected chi connectivity index (χ4v) is 3.27. The van der Waals surface area contributed by atoms with Gasteiger partial charge in [0.25, 0.3) is 5.91 Å². The number of rotatable bonds is 5. The Balaban J connectivity index is 1.88. The Morgan fingerprint density at radius 2 is 1.76 bits per heavy atom. The number of nitrogens with zero attached hydrogens (tertiary/aromatic N) is 2. The summed E-state index contributed by atoms with van der Waals surface area (Å²) in [6.07, 6.45) is 0.472. The highest BCUT2D eigenvalue weighted by molar-refractivity contribution is 6.03. The molecule has 0 spiro atoms. The van der Waals surface area contributed by atoms with Crippen LogP contribution in [0.1, 0.15) is 41.9 Å². The summed E-state index contributed by atoms with van der Waals surface area (Å²) in [6, 6.07) is 17.0. The summed E-state index contributed by atoms with van der Waals surface area (Å²) < 4.78 is 0. The third-order valence-corrected chi connectivity index (χ3v) is 5.89. The first-order chi connectivity index (χ1) is 13.8. The fourth-order valence-electron chi connectivity index (χ4n) is 3.27. The quantitative estimate of drug-likeness (QED) is 0.686. The van der Waals surface area contributed by atoms with Gasteiger partial charge < -0.3 is 10.2 Å². The van der Waals surface area contributed by atoms with Gasteiger partial charge in [0.05, 0.1) is 5.52 Å². The number of aryl methyl sites for hydroxylation is 1. The third kappa shape index (κ3) is 3.86. The molecule has 0 aliphatic heterocycles. The Hall–Kier alpha value is -3.21. The maximum absolute atomic E-state index is 13.2. The van der Waals surface area contributed by atoms with Crippen LogP contribution in [0.15, 0.2) is 54.6 Å². The minimum absolute atomic E-state index is 0.217. The highest BCUT2D eigenvalue weighted by Crippen LogP contribution is 2.25. The van der Waals surface area contributed by atoms with Crippen molar-refractivity contribution >= 4 is 28.4 Å². The van der Waals surface area contributed by atoms with E-state index in [1.807, 2.05) is 69.3 Å². The normalized spacial score (nSPS) is 13.0. The number of anilines is 1. The Morgan fingerprint density at radius 3 is 2.48 bits per heavy atom. The number of aromatic nitrogens is 1. The van der Waals surface area contributed by atoms with Crippen molar-refractivity contribution in [3.8, 4) is 0 Å². The van der Waals surface area contributed by atoms with E-state index < -0.39 is 5.54 Å². The topological polar surface area (TPSA) is 62.3 Å². The molecule has 1 heterocycles. The zero-order valence-electron chi connectivity index (χ0n) is 17.6. The maximum Gasteiger partial charge on any atom is 0.273 e. The predicted molar refractivity (Wildman–Crippen MR) is 117 cm³/mol. The molecule has 5 nitrogen and oxygen atoms in total. The zero-order valence-corrected chi connectivity index (χ0v) is 17.6. The van der Waals surface area contributed by atoms with Crippen LogP contribution in [-0.2, 0) is 4.79 Å². The highest BCUT2D eigenvalue weighted by Gasteiger charge is 2.39. The summed E-state index contributed by atoms with van der Waals surface area (Å²) in [7, 11) is 1.66. The van der Waals surface area contributed by atoms with Gasteiger partial charge in [-0.1, -0.05) is 43.3 Å². The van der Waals surface area contributed by atoms with E-state index in [0.29, 0.717) is 12.1 Å². The number of benzene rings is 2. The number of nitrogens with one attached hydrogen (secondary N) is 1. The number of carbonyl (C=O) groups excluding carboxylic acids is 2. The SMILES string of the molecule is CCC(C)(C(=O)Nc1cccc(C)c1C)N(C)C(=O)c1ccc2ccccc2n1. The van der Waals surface area contributed by atoms with Crippen molar-refractivity contribution in [2.24, 2.45) is 0 Å². The lowest BCUT2D eigenvalue weighted by Gasteiger charge is -2.36. The molecule has 0 saturated heterocycles. The Bertz CT molecular complexity index is 1080. The van der Waals surface area contributed by atoms with Crippen molar-refractivity contribution in [2.45, 2.75) is 39.7 Å². The molecule has 3 rings (SSSR count). The number of pyridine rings is 1. The van der Waals surface area contributed by atoms with Crippen molar-refractivity contribution in [1.29, 1.82) is 0 Å². The molecule has 29 heavy (non-hydrogen) atoms.